The van der Waals surface area contributed by atoms with Crippen LogP contribution in [0.4, 0.5) is 8.78 Å². The fraction of sp³-hybridized carbons (Fsp3) is 0.240. The highest BCUT2D eigenvalue weighted by molar-refractivity contribution is 5.73. The first-order valence-corrected chi connectivity index (χ1v) is 10.5. The van der Waals surface area contributed by atoms with Crippen molar-refractivity contribution in [1.29, 1.82) is 5.26 Å². The Bertz CT molecular complexity index is 1240. The van der Waals surface area contributed by atoms with E-state index in [1.165, 1.54) is 6.07 Å². The van der Waals surface area contributed by atoms with Crippen LogP contribution in [0.5, 0.6) is 17.5 Å². The quantitative estimate of drug-likeness (QED) is 0.453. The number of hydrogen-bond acceptors (Lipinski definition) is 6. The van der Waals surface area contributed by atoms with Crippen LogP contribution in [0.25, 0.3) is 11.1 Å². The molecule has 0 amide bonds. The molecule has 2 aromatic carbocycles. The fourth-order valence-electron chi connectivity index (χ4n) is 3.21. The van der Waals surface area contributed by atoms with Crippen LogP contribution in [-0.4, -0.2) is 22.2 Å². The number of benzene rings is 2. The average molecular weight is 467 g/mol. The second-order valence-electron chi connectivity index (χ2n) is 7.69. The summed E-state index contributed by atoms with van der Waals surface area (Å²) in [5.74, 6) is -5.27. The van der Waals surface area contributed by atoms with Crippen LogP contribution in [0, 0.1) is 28.9 Å². The predicted molar refractivity (Wildman–Crippen MR) is 120 cm³/mol. The number of carbonyl (C=O) groups is 1. The van der Waals surface area contributed by atoms with Crippen LogP contribution in [0.3, 0.4) is 0 Å². The van der Waals surface area contributed by atoms with Crippen molar-refractivity contribution in [2.24, 2.45) is 11.7 Å². The number of nitrogens with two attached hydrogens (primary N) is 1. The third kappa shape index (κ3) is 5.66. The summed E-state index contributed by atoms with van der Waals surface area (Å²) in [4.78, 5) is 15.3. The lowest BCUT2D eigenvalue weighted by Gasteiger charge is -2.20. The van der Waals surface area contributed by atoms with Gasteiger partial charge in [0.25, 0.3) is 11.8 Å². The third-order valence-corrected chi connectivity index (χ3v) is 5.25. The second kappa shape index (κ2) is 10.7. The molecule has 0 bridgehead atoms. The van der Waals surface area contributed by atoms with Crippen LogP contribution in [0.2, 0.25) is 0 Å². The molecule has 1 heterocycles. The highest BCUT2D eigenvalue weighted by Gasteiger charge is 2.28. The molecule has 3 rings (SSSR count). The number of ether oxygens (including phenoxy) is 2. The van der Waals surface area contributed by atoms with Crippen molar-refractivity contribution >= 4 is 5.97 Å². The van der Waals surface area contributed by atoms with Gasteiger partial charge < -0.3 is 20.3 Å². The van der Waals surface area contributed by atoms with E-state index >= 15 is 0 Å². The number of nitriles is 1. The van der Waals surface area contributed by atoms with Crippen LogP contribution in [-0.2, 0) is 11.3 Å². The number of rotatable bonds is 9. The minimum absolute atomic E-state index is 0.0767. The van der Waals surface area contributed by atoms with Gasteiger partial charge in [0.15, 0.2) is 17.7 Å². The Morgan fingerprint density at radius 2 is 1.88 bits per heavy atom. The van der Waals surface area contributed by atoms with Gasteiger partial charge in [-0.05, 0) is 47.4 Å². The van der Waals surface area contributed by atoms with Gasteiger partial charge >= 0.3 is 5.97 Å². The number of aliphatic carboxylic acids is 1. The molecular weight excluding hydrogens is 444 g/mol. The van der Waals surface area contributed by atoms with Gasteiger partial charge in [0, 0.05) is 18.5 Å². The Hall–Kier alpha value is -4.03. The van der Waals surface area contributed by atoms with Gasteiger partial charge in [-0.3, -0.25) is 0 Å². The van der Waals surface area contributed by atoms with Gasteiger partial charge in [0.2, 0.25) is 0 Å². The zero-order chi connectivity index (χ0) is 24.8. The maximum Gasteiger partial charge on any atom is 0.345 e. The summed E-state index contributed by atoms with van der Waals surface area (Å²) >= 11 is 0. The molecule has 0 spiro atoms. The maximum absolute atomic E-state index is 14.5. The largest absolute Gasteiger partial charge is 0.478 e. The topological polar surface area (TPSA) is 118 Å². The van der Waals surface area contributed by atoms with Crippen LogP contribution in [0.15, 0.2) is 48.5 Å². The Morgan fingerprint density at radius 3 is 2.53 bits per heavy atom. The molecular formula is C25H23F2N3O4. The monoisotopic (exact) mass is 467 g/mol. The molecule has 0 fully saturated rings. The summed E-state index contributed by atoms with van der Waals surface area (Å²) in [6.07, 6.45) is -0.924. The highest BCUT2D eigenvalue weighted by Crippen LogP contribution is 2.32. The molecule has 0 aliphatic rings. The van der Waals surface area contributed by atoms with E-state index < -0.39 is 41.4 Å². The summed E-state index contributed by atoms with van der Waals surface area (Å²) in [6, 6.07) is 14.5. The van der Waals surface area contributed by atoms with Crippen molar-refractivity contribution in [3.8, 4) is 34.7 Å². The number of carboxylic acids is 1. The van der Waals surface area contributed by atoms with Gasteiger partial charge in [-0.2, -0.15) is 10.2 Å². The first kappa shape index (κ1) is 24.6. The second-order valence-corrected chi connectivity index (χ2v) is 7.69. The number of aromatic nitrogens is 1. The molecule has 0 radical (unpaired) electrons. The molecule has 3 aromatic rings. The molecule has 0 unspecified atom stereocenters. The number of hydrogen-bond donors (Lipinski definition) is 2. The van der Waals surface area contributed by atoms with Crippen molar-refractivity contribution in [2.75, 3.05) is 0 Å². The normalized spacial score (nSPS) is 12.5. The van der Waals surface area contributed by atoms with Gasteiger partial charge in [0.05, 0.1) is 11.6 Å². The van der Waals surface area contributed by atoms with E-state index in [9.17, 15) is 23.9 Å². The van der Waals surface area contributed by atoms with E-state index in [-0.39, 0.29) is 11.3 Å². The summed E-state index contributed by atoms with van der Waals surface area (Å²) in [7, 11) is 0. The SMILES string of the molecule is CC[C@H](C)[C@@H](Oc1nc(Oc2cc(C#N)cc(-c3cccc(CN)c3)c2)c(F)cc1F)C(=O)O. The Labute approximate surface area is 195 Å². The van der Waals surface area contributed by atoms with Crippen LogP contribution >= 0.6 is 0 Å². The number of carboxylic acid groups (broad SMARTS) is 1. The van der Waals surface area contributed by atoms with Gasteiger partial charge in [-0.25, -0.2) is 13.6 Å². The zero-order valence-corrected chi connectivity index (χ0v) is 18.6. The molecule has 0 saturated carbocycles. The lowest BCUT2D eigenvalue weighted by molar-refractivity contribution is -0.147. The van der Waals surface area contributed by atoms with E-state index in [2.05, 4.69) is 4.98 Å². The Balaban J connectivity index is 1.98. The number of pyridine rings is 1. The van der Waals surface area contributed by atoms with Crippen LogP contribution in [0.1, 0.15) is 31.4 Å². The van der Waals surface area contributed by atoms with E-state index in [1.54, 1.807) is 26.0 Å². The lowest BCUT2D eigenvalue weighted by atomic mass is 10.0. The molecule has 0 aliphatic carbocycles. The summed E-state index contributed by atoms with van der Waals surface area (Å²) in [5.41, 5.74) is 8.20. The summed E-state index contributed by atoms with van der Waals surface area (Å²) in [5, 5.41) is 18.8. The molecule has 34 heavy (non-hydrogen) atoms. The standard InChI is InChI=1S/C25H23F2N3O4/c1-3-14(2)22(25(31)32)34-24-21(27)11-20(26)23(30-24)33-19-9-16(13-29)8-18(10-19)17-6-4-5-15(7-17)12-28/h4-11,14,22H,3,12,28H2,1-2H3,(H,31,32)/t14-,22+/m0/s1. The third-order valence-electron chi connectivity index (χ3n) is 5.25. The fourth-order valence-corrected chi connectivity index (χ4v) is 3.21. The van der Waals surface area contributed by atoms with Crippen molar-refractivity contribution in [1.82, 2.24) is 4.98 Å². The summed E-state index contributed by atoms with van der Waals surface area (Å²) < 4.78 is 39.6. The highest BCUT2D eigenvalue weighted by atomic mass is 19.1. The van der Waals surface area contributed by atoms with Crippen molar-refractivity contribution in [3.05, 3.63) is 71.3 Å². The molecule has 9 heteroatoms. The lowest BCUT2D eigenvalue weighted by Crippen LogP contribution is -2.34. The average Bonchev–Trinajstić information content (AvgIpc) is 2.84. The molecule has 0 saturated heterocycles. The van der Waals surface area contributed by atoms with Gasteiger partial charge in [-0.1, -0.05) is 32.0 Å². The van der Waals surface area contributed by atoms with Gasteiger partial charge in [0.1, 0.15) is 5.75 Å². The summed E-state index contributed by atoms with van der Waals surface area (Å²) in [6.45, 7) is 3.72. The minimum Gasteiger partial charge on any atom is -0.478 e. The van der Waals surface area contributed by atoms with E-state index in [4.69, 9.17) is 15.2 Å². The van der Waals surface area contributed by atoms with E-state index in [0.29, 0.717) is 24.6 Å². The molecule has 176 valence electrons. The molecule has 7 nitrogen and oxygen atoms in total. The first-order chi connectivity index (χ1) is 16.2. The zero-order valence-electron chi connectivity index (χ0n) is 18.6. The van der Waals surface area contributed by atoms with Crippen molar-refractivity contribution in [3.63, 3.8) is 0 Å². The molecule has 2 atom stereocenters. The van der Waals surface area contributed by atoms with E-state index in [1.807, 2.05) is 30.3 Å². The van der Waals surface area contributed by atoms with Gasteiger partial charge in [-0.15, -0.1) is 0 Å². The van der Waals surface area contributed by atoms with Crippen molar-refractivity contribution < 1.29 is 28.2 Å². The van der Waals surface area contributed by atoms with Crippen LogP contribution < -0.4 is 15.2 Å². The minimum atomic E-state index is -1.38. The molecule has 0 aliphatic heterocycles. The molecule has 3 N–H and O–H groups in total. The maximum atomic E-state index is 14.5. The Kier molecular flexibility index (Phi) is 7.76. The predicted octanol–water partition coefficient (Wildman–Crippen LogP) is 5.03. The van der Waals surface area contributed by atoms with E-state index in [0.717, 1.165) is 11.1 Å². The molecule has 1 aromatic heterocycles. The van der Waals surface area contributed by atoms with Crippen molar-refractivity contribution in [2.45, 2.75) is 32.9 Å². The smallest absolute Gasteiger partial charge is 0.345 e. The first-order valence-electron chi connectivity index (χ1n) is 10.5. The number of nitrogens with zero attached hydrogens (tertiary/aromatic N) is 2. The Morgan fingerprint density at radius 1 is 1.15 bits per heavy atom. The number of halogens is 2.